The number of aromatic nitrogens is 1. The molecule has 2 aromatic rings. The van der Waals surface area contributed by atoms with Gasteiger partial charge in [0.2, 0.25) is 0 Å². The van der Waals surface area contributed by atoms with E-state index >= 15 is 0 Å². The predicted molar refractivity (Wildman–Crippen MR) is 95.6 cm³/mol. The summed E-state index contributed by atoms with van der Waals surface area (Å²) in [5.41, 5.74) is -1.51. The van der Waals surface area contributed by atoms with Gasteiger partial charge in [0.1, 0.15) is 17.2 Å². The maximum absolute atomic E-state index is 13.0. The van der Waals surface area contributed by atoms with Gasteiger partial charge < -0.3 is 23.6 Å². The third-order valence-electron chi connectivity index (χ3n) is 4.18. The molecule has 0 radical (unpaired) electrons. The second-order valence-corrected chi connectivity index (χ2v) is 7.82. The molecular formula is C17H20NO8P. The van der Waals surface area contributed by atoms with Crippen molar-refractivity contribution in [1.29, 1.82) is 0 Å². The molecule has 0 aliphatic heterocycles. The Hall–Kier alpha value is -2.48. The number of nitrogens with zero attached hydrogens (tertiary/aromatic N) is 1. The zero-order valence-corrected chi connectivity index (χ0v) is 16.1. The van der Waals surface area contributed by atoms with Gasteiger partial charge in [0, 0.05) is 31.4 Å². The molecule has 1 aromatic heterocycles. The molecule has 0 aliphatic carbocycles. The number of pyridine rings is 1. The van der Waals surface area contributed by atoms with Crippen molar-refractivity contribution in [2.24, 2.45) is 0 Å². The fraction of sp³-hybridized carbons (Fsp3) is 0.353. The molecule has 27 heavy (non-hydrogen) atoms. The van der Waals surface area contributed by atoms with Crippen LogP contribution in [0.1, 0.15) is 11.5 Å². The number of fused-ring (bicyclic) bond motifs is 1. The lowest BCUT2D eigenvalue weighted by molar-refractivity contribution is -0.149. The zero-order chi connectivity index (χ0) is 20.2. The molecular weight excluding hydrogens is 377 g/mol. The summed E-state index contributed by atoms with van der Waals surface area (Å²) in [6.07, 6.45) is 1.46. The number of hydrogen-bond donors (Lipinski definition) is 1. The van der Waals surface area contributed by atoms with Gasteiger partial charge in [-0.25, -0.2) is 0 Å². The van der Waals surface area contributed by atoms with E-state index in [9.17, 15) is 19.3 Å². The molecule has 0 bridgehead atoms. The first-order valence-corrected chi connectivity index (χ1v) is 9.39. The number of phenolic OH excluding ortho intramolecular Hbond substituents is 1. The van der Waals surface area contributed by atoms with Gasteiger partial charge in [0.05, 0.1) is 14.2 Å². The van der Waals surface area contributed by atoms with Crippen molar-refractivity contribution in [2.45, 2.75) is 11.6 Å². The van der Waals surface area contributed by atoms with Crippen LogP contribution >= 0.6 is 7.60 Å². The summed E-state index contributed by atoms with van der Waals surface area (Å²) in [6, 6.07) is 6.42. The molecule has 1 heterocycles. The highest BCUT2D eigenvalue weighted by Crippen LogP contribution is 2.57. The van der Waals surface area contributed by atoms with Crippen molar-refractivity contribution in [2.75, 3.05) is 28.4 Å². The van der Waals surface area contributed by atoms with E-state index in [0.29, 0.717) is 5.39 Å². The first kappa shape index (κ1) is 20.8. The second kappa shape index (κ2) is 8.47. The summed E-state index contributed by atoms with van der Waals surface area (Å²) >= 11 is 0. The Morgan fingerprint density at radius 2 is 1.67 bits per heavy atom. The molecule has 0 amide bonds. The van der Waals surface area contributed by atoms with Crippen LogP contribution < -0.4 is 0 Å². The topological polar surface area (TPSA) is 121 Å². The number of rotatable bonds is 7. The number of ether oxygens (including phenoxy) is 2. The predicted octanol–water partition coefficient (Wildman–Crippen LogP) is 2.22. The summed E-state index contributed by atoms with van der Waals surface area (Å²) < 4.78 is 32.4. The summed E-state index contributed by atoms with van der Waals surface area (Å²) in [4.78, 5) is 29.1. The molecule has 0 saturated heterocycles. The fourth-order valence-electron chi connectivity index (χ4n) is 2.82. The standard InChI is InChI=1S/C17H20NO8P/c1-23-16(20)12(15(17(21)24-2)27(22,25-3)26-4)11-8-7-10-6-5-9-18-13(10)14(11)19/h5-9,12,15,19H,1-4H3/t12-,15-/m0/s1. The van der Waals surface area contributed by atoms with Crippen molar-refractivity contribution in [1.82, 2.24) is 4.98 Å². The normalized spacial score (nSPS) is 13.8. The molecule has 1 aromatic carbocycles. The van der Waals surface area contributed by atoms with Crippen LogP contribution in [0.2, 0.25) is 0 Å². The van der Waals surface area contributed by atoms with Gasteiger partial charge in [-0.2, -0.15) is 0 Å². The third-order valence-corrected chi connectivity index (χ3v) is 6.39. The van der Waals surface area contributed by atoms with Crippen molar-refractivity contribution in [3.8, 4) is 5.75 Å². The van der Waals surface area contributed by atoms with E-state index in [1.807, 2.05) is 0 Å². The summed E-state index contributed by atoms with van der Waals surface area (Å²) in [5, 5.41) is 11.3. The van der Waals surface area contributed by atoms with E-state index in [1.54, 1.807) is 18.2 Å². The number of phenols is 1. The molecule has 0 aliphatic rings. The van der Waals surface area contributed by atoms with Crippen LogP contribution in [-0.4, -0.2) is 56.1 Å². The van der Waals surface area contributed by atoms with Crippen LogP contribution in [0.5, 0.6) is 5.75 Å². The Bertz CT molecular complexity index is 892. The minimum atomic E-state index is -4.14. The van der Waals surface area contributed by atoms with Gasteiger partial charge in [0.25, 0.3) is 0 Å². The maximum Gasteiger partial charge on any atom is 0.345 e. The van der Waals surface area contributed by atoms with Crippen molar-refractivity contribution in [3.05, 3.63) is 36.0 Å². The molecule has 2 atom stereocenters. The highest BCUT2D eigenvalue weighted by Gasteiger charge is 2.51. The monoisotopic (exact) mass is 397 g/mol. The minimum Gasteiger partial charge on any atom is -0.505 e. The average Bonchev–Trinajstić information content (AvgIpc) is 2.71. The Morgan fingerprint density at radius 1 is 1.04 bits per heavy atom. The molecule has 9 nitrogen and oxygen atoms in total. The largest absolute Gasteiger partial charge is 0.505 e. The molecule has 1 N–H and O–H groups in total. The summed E-state index contributed by atoms with van der Waals surface area (Å²) in [7, 11) is 0.192. The lowest BCUT2D eigenvalue weighted by Gasteiger charge is -2.28. The van der Waals surface area contributed by atoms with E-state index in [4.69, 9.17) is 18.5 Å². The highest BCUT2D eigenvalue weighted by molar-refractivity contribution is 7.55. The van der Waals surface area contributed by atoms with Crippen molar-refractivity contribution in [3.63, 3.8) is 0 Å². The van der Waals surface area contributed by atoms with E-state index in [1.165, 1.54) is 12.3 Å². The van der Waals surface area contributed by atoms with Crippen molar-refractivity contribution >= 4 is 30.4 Å². The average molecular weight is 397 g/mol. The zero-order valence-electron chi connectivity index (χ0n) is 15.2. The number of esters is 2. The molecule has 0 saturated carbocycles. The number of aromatic hydroxyl groups is 1. The molecule has 0 spiro atoms. The molecule has 0 fully saturated rings. The lowest BCUT2D eigenvalue weighted by Crippen LogP contribution is -2.35. The van der Waals surface area contributed by atoms with Gasteiger partial charge in [-0.15, -0.1) is 0 Å². The Morgan fingerprint density at radius 3 is 2.22 bits per heavy atom. The van der Waals surface area contributed by atoms with Gasteiger partial charge in [-0.1, -0.05) is 18.2 Å². The van der Waals surface area contributed by atoms with Crippen LogP contribution in [0.15, 0.2) is 30.5 Å². The quantitative estimate of drug-likeness (QED) is 0.553. The van der Waals surface area contributed by atoms with E-state index in [2.05, 4.69) is 4.98 Å². The van der Waals surface area contributed by atoms with Crippen LogP contribution in [-0.2, 0) is 32.7 Å². The second-order valence-electron chi connectivity index (χ2n) is 5.45. The number of carbonyl (C=O) groups is 2. The third kappa shape index (κ3) is 3.80. The Labute approximate surface area is 155 Å². The van der Waals surface area contributed by atoms with Crippen molar-refractivity contribution < 1.29 is 37.8 Å². The van der Waals surface area contributed by atoms with E-state index < -0.39 is 31.1 Å². The smallest absolute Gasteiger partial charge is 0.345 e. The minimum absolute atomic E-state index is 0.0159. The molecule has 0 unspecified atom stereocenters. The number of benzene rings is 1. The maximum atomic E-state index is 13.0. The summed E-state index contributed by atoms with van der Waals surface area (Å²) in [5.74, 6) is -3.81. The van der Waals surface area contributed by atoms with E-state index in [0.717, 1.165) is 28.4 Å². The van der Waals surface area contributed by atoms with Crippen LogP contribution in [0.4, 0.5) is 0 Å². The summed E-state index contributed by atoms with van der Waals surface area (Å²) in [6.45, 7) is 0. The highest BCUT2D eigenvalue weighted by atomic mass is 31.2. The van der Waals surface area contributed by atoms with Crippen LogP contribution in [0.3, 0.4) is 0 Å². The van der Waals surface area contributed by atoms with Gasteiger partial charge in [0.15, 0.2) is 5.66 Å². The van der Waals surface area contributed by atoms with Crippen LogP contribution in [0, 0.1) is 0 Å². The lowest BCUT2D eigenvalue weighted by atomic mass is 9.93. The number of hydrogen-bond acceptors (Lipinski definition) is 9. The van der Waals surface area contributed by atoms with Gasteiger partial charge in [-0.3, -0.25) is 19.1 Å². The van der Waals surface area contributed by atoms with E-state index in [-0.39, 0.29) is 16.8 Å². The SMILES string of the molecule is COC(=O)[C@H]([C@@H](C(=O)OC)c1ccc2cccnc2c1O)P(=O)(OC)OC. The fourth-order valence-corrected chi connectivity index (χ4v) is 4.43. The van der Waals surface area contributed by atoms with Gasteiger partial charge in [-0.05, 0) is 6.07 Å². The Kier molecular flexibility index (Phi) is 6.54. The molecule has 10 heteroatoms. The van der Waals surface area contributed by atoms with Crippen LogP contribution in [0.25, 0.3) is 10.9 Å². The molecule has 146 valence electrons. The van der Waals surface area contributed by atoms with Gasteiger partial charge >= 0.3 is 19.5 Å². The Balaban J connectivity index is 2.77. The first-order valence-electron chi connectivity index (χ1n) is 7.78. The first-order chi connectivity index (χ1) is 12.8. The number of carbonyl (C=O) groups excluding carboxylic acids is 2. The molecule has 2 rings (SSSR count). The number of methoxy groups -OCH3 is 2.